The van der Waals surface area contributed by atoms with Gasteiger partial charge in [0.15, 0.2) is 0 Å². The number of aliphatic hydroxyl groups excluding tert-OH is 1. The summed E-state index contributed by atoms with van der Waals surface area (Å²) >= 11 is 0. The Morgan fingerprint density at radius 2 is 2.27 bits per heavy atom. The van der Waals surface area contributed by atoms with Crippen molar-refractivity contribution in [3.05, 3.63) is 29.5 Å². The predicted octanol–water partition coefficient (Wildman–Crippen LogP) is -1.31. The first-order valence-corrected chi connectivity index (χ1v) is 2.82. The SMILES string of the molecule is NC1=CC(=C=O)C(O)C=C1.O. The van der Waals surface area contributed by atoms with Crippen LogP contribution in [0.5, 0.6) is 0 Å². The van der Waals surface area contributed by atoms with E-state index in [9.17, 15) is 4.79 Å². The van der Waals surface area contributed by atoms with Crippen molar-refractivity contribution in [2.24, 2.45) is 5.73 Å². The average Bonchev–Trinajstić information content (AvgIpc) is 1.94. The number of hydrogen-bond donors (Lipinski definition) is 2. The summed E-state index contributed by atoms with van der Waals surface area (Å²) in [4.78, 5) is 10.1. The number of carbonyl (C=O) groups excluding carboxylic acids is 1. The van der Waals surface area contributed by atoms with Crippen molar-refractivity contribution in [2.75, 3.05) is 0 Å². The van der Waals surface area contributed by atoms with Gasteiger partial charge < -0.3 is 16.3 Å². The summed E-state index contributed by atoms with van der Waals surface area (Å²) in [5.74, 6) is 1.59. The van der Waals surface area contributed by atoms with Gasteiger partial charge in [-0.3, -0.25) is 0 Å². The molecular formula is C7H9NO3. The summed E-state index contributed by atoms with van der Waals surface area (Å²) in [6, 6.07) is 0. The van der Waals surface area contributed by atoms with E-state index in [1.165, 1.54) is 12.2 Å². The fraction of sp³-hybridized carbons (Fsp3) is 0.143. The second-order valence-corrected chi connectivity index (χ2v) is 2.01. The van der Waals surface area contributed by atoms with Crippen LogP contribution >= 0.6 is 0 Å². The van der Waals surface area contributed by atoms with Crippen molar-refractivity contribution >= 4 is 5.94 Å². The molecule has 0 spiro atoms. The van der Waals surface area contributed by atoms with Crippen molar-refractivity contribution < 1.29 is 15.4 Å². The Kier molecular flexibility index (Phi) is 3.27. The van der Waals surface area contributed by atoms with Gasteiger partial charge in [0.2, 0.25) is 0 Å². The molecule has 0 aromatic carbocycles. The highest BCUT2D eigenvalue weighted by molar-refractivity contribution is 5.62. The molecule has 1 unspecified atom stereocenters. The molecule has 1 aliphatic rings. The summed E-state index contributed by atoms with van der Waals surface area (Å²) in [6.07, 6.45) is 3.54. The monoisotopic (exact) mass is 155 g/mol. The lowest BCUT2D eigenvalue weighted by Crippen LogP contribution is -2.12. The number of hydrogen-bond acceptors (Lipinski definition) is 3. The normalized spacial score (nSPS) is 21.7. The van der Waals surface area contributed by atoms with E-state index < -0.39 is 6.10 Å². The standard InChI is InChI=1S/C7H7NO2.H2O/c8-6-1-2-7(10)5(3-6)4-9;/h1-3,7,10H,8H2;1H2. The van der Waals surface area contributed by atoms with Crippen LogP contribution in [0.3, 0.4) is 0 Å². The molecule has 0 heterocycles. The van der Waals surface area contributed by atoms with Gasteiger partial charge >= 0.3 is 0 Å². The highest BCUT2D eigenvalue weighted by Crippen LogP contribution is 2.09. The molecule has 0 aromatic rings. The van der Waals surface area contributed by atoms with Crippen molar-refractivity contribution in [2.45, 2.75) is 6.10 Å². The molecule has 1 aliphatic carbocycles. The molecule has 0 aliphatic heterocycles. The summed E-state index contributed by atoms with van der Waals surface area (Å²) in [5.41, 5.74) is 5.97. The Morgan fingerprint density at radius 3 is 2.73 bits per heavy atom. The third-order valence-corrected chi connectivity index (χ3v) is 1.23. The molecule has 0 fully saturated rings. The zero-order valence-electron chi connectivity index (χ0n) is 5.74. The molecule has 1 rings (SSSR count). The molecule has 4 heteroatoms. The highest BCUT2D eigenvalue weighted by atomic mass is 16.3. The lowest BCUT2D eigenvalue weighted by Gasteiger charge is -2.07. The van der Waals surface area contributed by atoms with E-state index in [0.717, 1.165) is 0 Å². The first-order valence-electron chi connectivity index (χ1n) is 2.82. The van der Waals surface area contributed by atoms with Gasteiger partial charge in [0.1, 0.15) is 12.0 Å². The van der Waals surface area contributed by atoms with Crippen molar-refractivity contribution in [3.8, 4) is 0 Å². The molecule has 11 heavy (non-hydrogen) atoms. The van der Waals surface area contributed by atoms with Crippen molar-refractivity contribution in [3.63, 3.8) is 0 Å². The second-order valence-electron chi connectivity index (χ2n) is 2.01. The fourth-order valence-corrected chi connectivity index (χ4v) is 0.709. The van der Waals surface area contributed by atoms with Gasteiger partial charge in [0.25, 0.3) is 0 Å². The van der Waals surface area contributed by atoms with Gasteiger partial charge in [-0.25, -0.2) is 4.79 Å². The highest BCUT2D eigenvalue weighted by Gasteiger charge is 2.09. The van der Waals surface area contributed by atoms with Crippen LogP contribution in [0.2, 0.25) is 0 Å². The number of allylic oxidation sites excluding steroid dienone is 1. The summed E-state index contributed by atoms with van der Waals surface area (Å²) in [7, 11) is 0. The molecule has 60 valence electrons. The molecule has 1 atom stereocenters. The van der Waals surface area contributed by atoms with E-state index in [4.69, 9.17) is 10.8 Å². The largest absolute Gasteiger partial charge is 0.412 e. The minimum atomic E-state index is -0.843. The molecule has 0 amide bonds. The van der Waals surface area contributed by atoms with E-state index in [-0.39, 0.29) is 11.0 Å². The third kappa shape index (κ3) is 2.05. The van der Waals surface area contributed by atoms with Crippen LogP contribution in [-0.2, 0) is 4.79 Å². The van der Waals surface area contributed by atoms with Crippen LogP contribution in [0.15, 0.2) is 29.5 Å². The molecule has 5 N–H and O–H groups in total. The van der Waals surface area contributed by atoms with Crippen LogP contribution in [0.1, 0.15) is 0 Å². The van der Waals surface area contributed by atoms with Gasteiger partial charge in [-0.1, -0.05) is 0 Å². The van der Waals surface area contributed by atoms with Crippen LogP contribution in [0.4, 0.5) is 0 Å². The minimum Gasteiger partial charge on any atom is -0.412 e. The molecule has 0 saturated carbocycles. The van der Waals surface area contributed by atoms with Crippen molar-refractivity contribution in [1.82, 2.24) is 0 Å². The third-order valence-electron chi connectivity index (χ3n) is 1.23. The van der Waals surface area contributed by atoms with E-state index in [1.54, 1.807) is 12.0 Å². The van der Waals surface area contributed by atoms with Crippen LogP contribution in [0.25, 0.3) is 0 Å². The lowest BCUT2D eigenvalue weighted by atomic mass is 10.1. The molecular weight excluding hydrogens is 146 g/mol. The summed E-state index contributed by atoms with van der Waals surface area (Å²) < 4.78 is 0. The van der Waals surface area contributed by atoms with E-state index in [0.29, 0.717) is 5.70 Å². The minimum absolute atomic E-state index is 0. The topological polar surface area (TPSA) is 94.8 Å². The van der Waals surface area contributed by atoms with Crippen LogP contribution < -0.4 is 5.73 Å². The first-order chi connectivity index (χ1) is 4.74. The fourth-order valence-electron chi connectivity index (χ4n) is 0.709. The van der Waals surface area contributed by atoms with Crippen LogP contribution in [-0.4, -0.2) is 22.6 Å². The smallest absolute Gasteiger partial charge is 0.131 e. The van der Waals surface area contributed by atoms with E-state index in [2.05, 4.69) is 0 Å². The quantitative estimate of drug-likeness (QED) is 0.425. The van der Waals surface area contributed by atoms with Gasteiger partial charge in [0.05, 0.1) is 5.57 Å². The maximum Gasteiger partial charge on any atom is 0.131 e. The zero-order chi connectivity index (χ0) is 7.56. The van der Waals surface area contributed by atoms with E-state index >= 15 is 0 Å². The lowest BCUT2D eigenvalue weighted by molar-refractivity contribution is 0.262. The average molecular weight is 155 g/mol. The molecule has 0 radical (unpaired) electrons. The Bertz CT molecular complexity index is 248. The number of nitrogens with two attached hydrogens (primary N) is 1. The Hall–Kier alpha value is -1.35. The maximum atomic E-state index is 10.1. The number of rotatable bonds is 0. The molecule has 4 nitrogen and oxygen atoms in total. The number of aliphatic hydroxyl groups is 1. The Morgan fingerprint density at radius 1 is 1.64 bits per heavy atom. The van der Waals surface area contributed by atoms with E-state index in [1.807, 2.05) is 0 Å². The summed E-state index contributed by atoms with van der Waals surface area (Å²) in [6.45, 7) is 0. The molecule has 0 aromatic heterocycles. The molecule has 0 bridgehead atoms. The Labute approximate surface area is 63.6 Å². The van der Waals surface area contributed by atoms with Crippen molar-refractivity contribution in [1.29, 1.82) is 0 Å². The van der Waals surface area contributed by atoms with Gasteiger partial charge in [-0.2, -0.15) is 0 Å². The summed E-state index contributed by atoms with van der Waals surface area (Å²) in [5, 5.41) is 9.00. The van der Waals surface area contributed by atoms with Gasteiger partial charge in [-0.15, -0.1) is 0 Å². The molecule has 0 saturated heterocycles. The zero-order valence-corrected chi connectivity index (χ0v) is 5.74. The van der Waals surface area contributed by atoms with Gasteiger partial charge in [-0.05, 0) is 18.2 Å². The van der Waals surface area contributed by atoms with Crippen LogP contribution in [0, 0.1) is 0 Å². The predicted molar refractivity (Wildman–Crippen MR) is 40.2 cm³/mol. The first kappa shape index (κ1) is 9.65. The van der Waals surface area contributed by atoms with Gasteiger partial charge in [0, 0.05) is 5.70 Å². The maximum absolute atomic E-state index is 10.1. The second kappa shape index (κ2) is 3.73. The Balaban J connectivity index is 0.000001000.